The van der Waals surface area contributed by atoms with Gasteiger partial charge in [-0.3, -0.25) is 4.79 Å². The summed E-state index contributed by atoms with van der Waals surface area (Å²) in [7, 11) is 0. The predicted octanol–water partition coefficient (Wildman–Crippen LogP) is 1.38. The number of carboxylic acid groups (broad SMARTS) is 2. The topological polar surface area (TPSA) is 107 Å². The summed E-state index contributed by atoms with van der Waals surface area (Å²) in [4.78, 5) is 35.3. The Hall–Kier alpha value is -1.79. The molecule has 0 bridgehead atoms. The molecule has 2 amide bonds. The van der Waals surface area contributed by atoms with E-state index in [1.165, 1.54) is 0 Å². The summed E-state index contributed by atoms with van der Waals surface area (Å²) in [5, 5.41) is 20.0. The van der Waals surface area contributed by atoms with Crippen LogP contribution in [0.4, 0.5) is 4.79 Å². The van der Waals surface area contributed by atoms with Crippen LogP contribution in [-0.2, 0) is 9.59 Å². The number of likely N-dealkylation sites (tertiary alicyclic amines) is 1. The number of hydrogen-bond acceptors (Lipinski definition) is 3. The maximum Gasteiger partial charge on any atom is 0.326 e. The second kappa shape index (κ2) is 6.78. The van der Waals surface area contributed by atoms with E-state index in [1.54, 1.807) is 4.90 Å². The summed E-state index contributed by atoms with van der Waals surface area (Å²) in [6, 6.07) is -1.60. The number of rotatable bonds is 5. The van der Waals surface area contributed by atoms with Crippen molar-refractivity contribution in [3.05, 3.63) is 0 Å². The summed E-state index contributed by atoms with van der Waals surface area (Å²) in [5.74, 6) is -1.91. The fourth-order valence-corrected chi connectivity index (χ4v) is 2.42. The molecule has 0 spiro atoms. The number of aliphatic carboxylic acids is 2. The van der Waals surface area contributed by atoms with Crippen LogP contribution in [-0.4, -0.2) is 52.2 Å². The van der Waals surface area contributed by atoms with E-state index < -0.39 is 24.0 Å². The molecule has 0 radical (unpaired) electrons. The number of hydrogen-bond donors (Lipinski definition) is 3. The van der Waals surface area contributed by atoms with Gasteiger partial charge in [0.15, 0.2) is 0 Å². The van der Waals surface area contributed by atoms with Crippen LogP contribution in [0, 0.1) is 11.3 Å². The van der Waals surface area contributed by atoms with Gasteiger partial charge in [-0.1, -0.05) is 20.8 Å². The monoisotopic (exact) mass is 300 g/mol. The van der Waals surface area contributed by atoms with Gasteiger partial charge < -0.3 is 20.4 Å². The van der Waals surface area contributed by atoms with Crippen molar-refractivity contribution in [3.8, 4) is 0 Å². The highest BCUT2D eigenvalue weighted by Gasteiger charge is 2.34. The number of urea groups is 1. The molecule has 2 atom stereocenters. The zero-order chi connectivity index (χ0) is 16.2. The fraction of sp³-hybridized carbons (Fsp3) is 0.786. The van der Waals surface area contributed by atoms with Crippen LogP contribution >= 0.6 is 0 Å². The molecule has 21 heavy (non-hydrogen) atoms. The number of carbonyl (C=O) groups excluding carboxylic acids is 1. The molecule has 120 valence electrons. The van der Waals surface area contributed by atoms with E-state index in [1.807, 2.05) is 0 Å². The number of nitrogens with one attached hydrogen (secondary N) is 1. The van der Waals surface area contributed by atoms with Gasteiger partial charge >= 0.3 is 18.0 Å². The Morgan fingerprint density at radius 2 is 1.90 bits per heavy atom. The van der Waals surface area contributed by atoms with Crippen molar-refractivity contribution in [2.24, 2.45) is 11.3 Å². The van der Waals surface area contributed by atoms with E-state index in [4.69, 9.17) is 10.2 Å². The van der Waals surface area contributed by atoms with Crippen molar-refractivity contribution in [1.82, 2.24) is 10.2 Å². The average Bonchev–Trinajstić information content (AvgIpc) is 2.82. The SMILES string of the molecule is CC(C)(C)C1CCN(C(=O)N[C@@H](CCC(=O)O)C(=O)O)C1. The fourth-order valence-electron chi connectivity index (χ4n) is 2.42. The molecule has 0 aromatic carbocycles. The second-order valence-electron chi connectivity index (χ2n) is 6.57. The Labute approximate surface area is 124 Å². The highest BCUT2D eigenvalue weighted by atomic mass is 16.4. The Morgan fingerprint density at radius 1 is 1.29 bits per heavy atom. The predicted molar refractivity (Wildman–Crippen MR) is 76.0 cm³/mol. The summed E-state index contributed by atoms with van der Waals surface area (Å²) in [6.45, 7) is 7.55. The first-order valence-electron chi connectivity index (χ1n) is 7.11. The van der Waals surface area contributed by atoms with Gasteiger partial charge in [-0.15, -0.1) is 0 Å². The largest absolute Gasteiger partial charge is 0.481 e. The van der Waals surface area contributed by atoms with Gasteiger partial charge in [0.1, 0.15) is 6.04 Å². The first kappa shape index (κ1) is 17.3. The zero-order valence-corrected chi connectivity index (χ0v) is 12.8. The third-order valence-corrected chi connectivity index (χ3v) is 3.94. The number of amides is 2. The van der Waals surface area contributed by atoms with E-state index in [2.05, 4.69) is 26.1 Å². The van der Waals surface area contributed by atoms with Crippen molar-refractivity contribution >= 4 is 18.0 Å². The Morgan fingerprint density at radius 3 is 2.33 bits per heavy atom. The minimum Gasteiger partial charge on any atom is -0.481 e. The van der Waals surface area contributed by atoms with Crippen LogP contribution in [0.5, 0.6) is 0 Å². The van der Waals surface area contributed by atoms with Crippen molar-refractivity contribution < 1.29 is 24.6 Å². The van der Waals surface area contributed by atoms with Crippen LogP contribution in [0.25, 0.3) is 0 Å². The minimum absolute atomic E-state index is 0.102. The number of nitrogens with zero attached hydrogens (tertiary/aromatic N) is 1. The third-order valence-electron chi connectivity index (χ3n) is 3.94. The lowest BCUT2D eigenvalue weighted by molar-refractivity contribution is -0.140. The van der Waals surface area contributed by atoms with E-state index >= 15 is 0 Å². The summed E-state index contributed by atoms with van der Waals surface area (Å²) < 4.78 is 0. The van der Waals surface area contributed by atoms with Gasteiger partial charge in [-0.2, -0.15) is 0 Å². The van der Waals surface area contributed by atoms with E-state index in [9.17, 15) is 14.4 Å². The Balaban J connectivity index is 2.55. The molecule has 1 rings (SSSR count). The summed E-state index contributed by atoms with van der Waals surface area (Å²) >= 11 is 0. The first-order chi connectivity index (χ1) is 9.61. The molecule has 0 aromatic rings. The molecule has 0 aromatic heterocycles. The quantitative estimate of drug-likeness (QED) is 0.711. The van der Waals surface area contributed by atoms with Gasteiger partial charge in [-0.05, 0) is 24.2 Å². The maximum atomic E-state index is 12.1. The number of carbonyl (C=O) groups is 3. The Bertz CT molecular complexity index is 416. The molecule has 7 heteroatoms. The van der Waals surface area contributed by atoms with E-state index in [0.29, 0.717) is 19.0 Å². The van der Waals surface area contributed by atoms with Crippen LogP contribution in [0.15, 0.2) is 0 Å². The lowest BCUT2D eigenvalue weighted by atomic mass is 9.80. The lowest BCUT2D eigenvalue weighted by Gasteiger charge is -2.27. The van der Waals surface area contributed by atoms with Crippen LogP contribution in [0.3, 0.4) is 0 Å². The molecule has 1 aliphatic heterocycles. The molecular formula is C14H24N2O5. The summed E-state index contributed by atoms with van der Waals surface area (Å²) in [6.07, 6.45) is 0.485. The molecule has 1 unspecified atom stereocenters. The molecule has 0 saturated carbocycles. The lowest BCUT2D eigenvalue weighted by Crippen LogP contribution is -2.47. The van der Waals surface area contributed by atoms with Gasteiger partial charge in [0, 0.05) is 19.5 Å². The van der Waals surface area contributed by atoms with Gasteiger partial charge in [0.25, 0.3) is 0 Å². The second-order valence-corrected chi connectivity index (χ2v) is 6.57. The molecule has 3 N–H and O–H groups in total. The average molecular weight is 300 g/mol. The molecule has 0 aliphatic carbocycles. The Kier molecular flexibility index (Phi) is 5.57. The van der Waals surface area contributed by atoms with Crippen molar-refractivity contribution in [2.45, 2.75) is 46.1 Å². The van der Waals surface area contributed by atoms with E-state index in [0.717, 1.165) is 6.42 Å². The molecule has 1 saturated heterocycles. The van der Waals surface area contributed by atoms with Gasteiger partial charge in [0.2, 0.25) is 0 Å². The number of carboxylic acids is 2. The molecule has 1 aliphatic rings. The van der Waals surface area contributed by atoms with Gasteiger partial charge in [0.05, 0.1) is 0 Å². The molecular weight excluding hydrogens is 276 g/mol. The van der Waals surface area contributed by atoms with E-state index in [-0.39, 0.29) is 18.3 Å². The van der Waals surface area contributed by atoms with Crippen LogP contribution in [0.2, 0.25) is 0 Å². The third kappa shape index (κ3) is 5.24. The highest BCUT2D eigenvalue weighted by molar-refractivity contribution is 5.83. The minimum atomic E-state index is -1.21. The van der Waals surface area contributed by atoms with Crippen molar-refractivity contribution in [3.63, 3.8) is 0 Å². The normalized spacial score (nSPS) is 20.1. The smallest absolute Gasteiger partial charge is 0.326 e. The highest BCUT2D eigenvalue weighted by Crippen LogP contribution is 2.33. The zero-order valence-electron chi connectivity index (χ0n) is 12.8. The first-order valence-corrected chi connectivity index (χ1v) is 7.11. The van der Waals surface area contributed by atoms with Crippen LogP contribution < -0.4 is 5.32 Å². The maximum absolute atomic E-state index is 12.1. The van der Waals surface area contributed by atoms with Crippen molar-refractivity contribution in [2.75, 3.05) is 13.1 Å². The standard InChI is InChI=1S/C14H24N2O5/c1-14(2,3)9-6-7-16(8-9)13(21)15-10(12(19)20)4-5-11(17)18/h9-10H,4-8H2,1-3H3,(H,15,21)(H,17,18)(H,19,20)/t9?,10-/m0/s1. The van der Waals surface area contributed by atoms with Crippen molar-refractivity contribution in [1.29, 1.82) is 0 Å². The van der Waals surface area contributed by atoms with Gasteiger partial charge in [-0.25, -0.2) is 9.59 Å². The molecule has 1 fully saturated rings. The molecule has 7 nitrogen and oxygen atoms in total. The summed E-state index contributed by atoms with van der Waals surface area (Å²) in [5.41, 5.74) is 0.102. The van der Waals surface area contributed by atoms with Crippen LogP contribution in [0.1, 0.15) is 40.0 Å². The molecule has 1 heterocycles.